The topological polar surface area (TPSA) is 110 Å². The number of benzene rings is 1. The van der Waals surface area contributed by atoms with E-state index < -0.39 is 17.9 Å². The SMILES string of the molecule is Cn1c(=O)n(C2CCC(=O)NC2=O)c2ccc([C@H]3CC[C@@H](CCC(=O)O)CC3)cc21. The molecule has 0 bridgehead atoms. The number of aliphatic carboxylic acids is 1. The molecule has 8 nitrogen and oxygen atoms in total. The largest absolute Gasteiger partial charge is 0.481 e. The van der Waals surface area contributed by atoms with E-state index in [1.54, 1.807) is 11.6 Å². The first-order valence-corrected chi connectivity index (χ1v) is 10.6. The van der Waals surface area contributed by atoms with E-state index in [9.17, 15) is 19.2 Å². The van der Waals surface area contributed by atoms with Gasteiger partial charge in [0.25, 0.3) is 0 Å². The van der Waals surface area contributed by atoms with Crippen LogP contribution in [0.5, 0.6) is 0 Å². The Morgan fingerprint density at radius 1 is 1.10 bits per heavy atom. The van der Waals surface area contributed by atoms with E-state index in [4.69, 9.17) is 5.11 Å². The molecule has 2 heterocycles. The second-order valence-corrected chi connectivity index (χ2v) is 8.58. The fourth-order valence-corrected chi connectivity index (χ4v) is 4.98. The molecule has 2 amide bonds. The highest BCUT2D eigenvalue weighted by Gasteiger charge is 2.31. The molecule has 0 spiro atoms. The molecule has 2 aromatic rings. The van der Waals surface area contributed by atoms with E-state index >= 15 is 0 Å². The van der Waals surface area contributed by atoms with Crippen LogP contribution in [-0.4, -0.2) is 32.0 Å². The summed E-state index contributed by atoms with van der Waals surface area (Å²) < 4.78 is 3.07. The lowest BCUT2D eigenvalue weighted by Gasteiger charge is -2.28. The van der Waals surface area contributed by atoms with Crippen LogP contribution in [0.3, 0.4) is 0 Å². The van der Waals surface area contributed by atoms with Crippen LogP contribution >= 0.6 is 0 Å². The molecular formula is C22H27N3O5. The number of imidazole rings is 1. The number of carbonyl (C=O) groups excluding carboxylic acids is 2. The Morgan fingerprint density at radius 3 is 2.50 bits per heavy atom. The zero-order valence-corrected chi connectivity index (χ0v) is 17.1. The summed E-state index contributed by atoms with van der Waals surface area (Å²) >= 11 is 0. The van der Waals surface area contributed by atoms with Crippen molar-refractivity contribution >= 4 is 28.8 Å². The first kappa shape index (κ1) is 20.4. The number of hydrogen-bond donors (Lipinski definition) is 2. The number of nitrogens with zero attached hydrogens (tertiary/aromatic N) is 2. The average Bonchev–Trinajstić information content (AvgIpc) is 2.97. The van der Waals surface area contributed by atoms with E-state index in [0.29, 0.717) is 23.8 Å². The molecule has 160 valence electrons. The lowest BCUT2D eigenvalue weighted by molar-refractivity contribution is -0.138. The molecule has 1 atom stereocenters. The van der Waals surface area contributed by atoms with E-state index in [1.807, 2.05) is 18.2 Å². The number of aryl methyl sites for hydroxylation is 1. The number of carboxylic acid groups (broad SMARTS) is 1. The lowest BCUT2D eigenvalue weighted by atomic mass is 9.77. The molecule has 1 saturated carbocycles. The number of piperidine rings is 1. The quantitative estimate of drug-likeness (QED) is 0.732. The molecule has 1 unspecified atom stereocenters. The summed E-state index contributed by atoms with van der Waals surface area (Å²) in [5, 5.41) is 11.2. The molecule has 0 radical (unpaired) electrons. The average molecular weight is 413 g/mol. The van der Waals surface area contributed by atoms with E-state index in [1.165, 1.54) is 10.1 Å². The Kier molecular flexibility index (Phi) is 5.49. The smallest absolute Gasteiger partial charge is 0.329 e. The van der Waals surface area contributed by atoms with Gasteiger partial charge in [0.05, 0.1) is 11.0 Å². The Hall–Kier alpha value is -2.90. The van der Waals surface area contributed by atoms with Crippen LogP contribution in [0.25, 0.3) is 11.0 Å². The third-order valence-electron chi connectivity index (χ3n) is 6.72. The molecule has 1 aromatic heterocycles. The Bertz CT molecular complexity index is 1060. The highest BCUT2D eigenvalue weighted by Crippen LogP contribution is 2.38. The van der Waals surface area contributed by atoms with Crippen molar-refractivity contribution in [3.8, 4) is 0 Å². The number of carboxylic acids is 1. The molecule has 2 N–H and O–H groups in total. The molecular weight excluding hydrogens is 386 g/mol. The predicted molar refractivity (Wildman–Crippen MR) is 110 cm³/mol. The Balaban J connectivity index is 1.57. The van der Waals surface area contributed by atoms with Crippen LogP contribution in [0, 0.1) is 5.92 Å². The van der Waals surface area contributed by atoms with Gasteiger partial charge in [-0.1, -0.05) is 6.07 Å². The number of nitrogens with one attached hydrogen (secondary N) is 1. The third kappa shape index (κ3) is 3.78. The monoisotopic (exact) mass is 413 g/mol. The maximum absolute atomic E-state index is 12.9. The molecule has 4 rings (SSSR count). The van der Waals surface area contributed by atoms with Crippen molar-refractivity contribution in [2.75, 3.05) is 0 Å². The number of fused-ring (bicyclic) bond motifs is 1. The highest BCUT2D eigenvalue weighted by atomic mass is 16.4. The van der Waals surface area contributed by atoms with Crippen LogP contribution in [-0.2, 0) is 21.4 Å². The van der Waals surface area contributed by atoms with Crippen molar-refractivity contribution in [2.24, 2.45) is 13.0 Å². The van der Waals surface area contributed by atoms with Gasteiger partial charge in [-0.15, -0.1) is 0 Å². The van der Waals surface area contributed by atoms with Crippen molar-refractivity contribution in [1.82, 2.24) is 14.5 Å². The van der Waals surface area contributed by atoms with Crippen LogP contribution in [0.1, 0.15) is 68.9 Å². The van der Waals surface area contributed by atoms with Crippen molar-refractivity contribution in [1.29, 1.82) is 0 Å². The lowest BCUT2D eigenvalue weighted by Crippen LogP contribution is -2.44. The minimum atomic E-state index is -0.732. The van der Waals surface area contributed by atoms with Gasteiger partial charge in [-0.25, -0.2) is 4.79 Å². The van der Waals surface area contributed by atoms with Crippen molar-refractivity contribution in [3.05, 3.63) is 34.2 Å². The number of carbonyl (C=O) groups is 3. The highest BCUT2D eigenvalue weighted by molar-refractivity contribution is 6.00. The van der Waals surface area contributed by atoms with Gasteiger partial charge in [-0.2, -0.15) is 0 Å². The summed E-state index contributed by atoms with van der Waals surface area (Å²) in [7, 11) is 1.71. The molecule has 30 heavy (non-hydrogen) atoms. The van der Waals surface area contributed by atoms with Crippen molar-refractivity contribution in [2.45, 2.75) is 63.3 Å². The standard InChI is InChI=1S/C22H27N3O5/c1-24-18-12-15(14-5-2-13(3-6-14)4-11-20(27)28)7-8-16(18)25(22(24)30)17-9-10-19(26)23-21(17)29/h7-8,12-14,17H,2-6,9-11H2,1H3,(H,27,28)(H,23,26,29)/t13-,14+,17?. The number of amides is 2. The van der Waals surface area contributed by atoms with Crippen LogP contribution in [0.15, 0.2) is 23.0 Å². The maximum atomic E-state index is 12.9. The third-order valence-corrected chi connectivity index (χ3v) is 6.72. The van der Waals surface area contributed by atoms with E-state index in [0.717, 1.165) is 37.6 Å². The Morgan fingerprint density at radius 2 is 1.83 bits per heavy atom. The van der Waals surface area contributed by atoms with Crippen molar-refractivity contribution < 1.29 is 19.5 Å². The summed E-state index contributed by atoms with van der Waals surface area (Å²) in [5.41, 5.74) is 2.41. The fraction of sp³-hybridized carbons (Fsp3) is 0.545. The van der Waals surface area contributed by atoms with Crippen LogP contribution < -0.4 is 11.0 Å². The molecule has 2 aliphatic rings. The van der Waals surface area contributed by atoms with E-state index in [2.05, 4.69) is 5.32 Å². The fourth-order valence-electron chi connectivity index (χ4n) is 4.98. The second kappa shape index (κ2) is 8.08. The van der Waals surface area contributed by atoms with Gasteiger partial charge in [0.15, 0.2) is 0 Å². The number of rotatable bonds is 5. The summed E-state index contributed by atoms with van der Waals surface area (Å²) in [4.78, 5) is 47.5. The predicted octanol–water partition coefficient (Wildman–Crippen LogP) is 2.46. The molecule has 1 aliphatic carbocycles. The maximum Gasteiger partial charge on any atom is 0.329 e. The first-order valence-electron chi connectivity index (χ1n) is 10.6. The van der Waals surface area contributed by atoms with Gasteiger partial charge in [-0.05, 0) is 68.1 Å². The normalized spacial score (nSPS) is 24.8. The zero-order chi connectivity index (χ0) is 21.4. The molecule has 1 saturated heterocycles. The molecule has 2 fully saturated rings. The number of imide groups is 1. The minimum absolute atomic E-state index is 0.225. The molecule has 1 aliphatic heterocycles. The van der Waals surface area contributed by atoms with Crippen LogP contribution in [0.4, 0.5) is 0 Å². The van der Waals surface area contributed by atoms with Crippen molar-refractivity contribution in [3.63, 3.8) is 0 Å². The van der Waals surface area contributed by atoms with Crippen LogP contribution in [0.2, 0.25) is 0 Å². The number of aromatic nitrogens is 2. The van der Waals surface area contributed by atoms with E-state index in [-0.39, 0.29) is 24.4 Å². The van der Waals surface area contributed by atoms with Gasteiger partial charge < -0.3 is 5.11 Å². The molecule has 8 heteroatoms. The minimum Gasteiger partial charge on any atom is -0.481 e. The van der Waals surface area contributed by atoms with Gasteiger partial charge in [-0.3, -0.25) is 28.8 Å². The van der Waals surface area contributed by atoms with Gasteiger partial charge in [0, 0.05) is 19.9 Å². The first-order chi connectivity index (χ1) is 14.3. The second-order valence-electron chi connectivity index (χ2n) is 8.58. The van der Waals surface area contributed by atoms with Gasteiger partial charge in [0.1, 0.15) is 6.04 Å². The number of hydrogen-bond acceptors (Lipinski definition) is 4. The Labute approximate surface area is 173 Å². The molecule has 1 aromatic carbocycles. The summed E-state index contributed by atoms with van der Waals surface area (Å²) in [6.45, 7) is 0. The summed E-state index contributed by atoms with van der Waals surface area (Å²) in [6, 6.07) is 5.31. The summed E-state index contributed by atoms with van der Waals surface area (Å²) in [6.07, 6.45) is 5.59. The van der Waals surface area contributed by atoms with Gasteiger partial charge >= 0.3 is 11.7 Å². The zero-order valence-electron chi connectivity index (χ0n) is 17.1. The summed E-state index contributed by atoms with van der Waals surface area (Å²) in [5.74, 6) is -0.594. The van der Waals surface area contributed by atoms with Gasteiger partial charge in [0.2, 0.25) is 11.8 Å².